The fourth-order valence-corrected chi connectivity index (χ4v) is 7.07. The van der Waals surface area contributed by atoms with Gasteiger partial charge in [-0.1, -0.05) is 0 Å². The summed E-state index contributed by atoms with van der Waals surface area (Å²) in [6.45, 7) is 6.54. The molecule has 1 aliphatic carbocycles. The van der Waals surface area contributed by atoms with Crippen LogP contribution in [0.2, 0.25) is 0 Å². The van der Waals surface area contributed by atoms with Crippen LogP contribution in [-0.2, 0) is 13.0 Å². The average molecular weight is 531 g/mol. The summed E-state index contributed by atoms with van der Waals surface area (Å²) in [4.78, 5) is 34.7. The van der Waals surface area contributed by atoms with Crippen molar-refractivity contribution in [1.29, 1.82) is 0 Å². The number of thiazole rings is 1. The lowest BCUT2D eigenvalue weighted by atomic mass is 9.77. The molecule has 0 aromatic carbocycles. The summed E-state index contributed by atoms with van der Waals surface area (Å²) in [5.41, 5.74) is 4.43. The molecule has 4 aromatic rings. The van der Waals surface area contributed by atoms with Gasteiger partial charge in [0.1, 0.15) is 4.83 Å². The molecule has 3 aliphatic rings. The first-order chi connectivity index (χ1) is 18.5. The Labute approximate surface area is 224 Å². The fourth-order valence-electron chi connectivity index (χ4n) is 5.98. The number of fused-ring (bicyclic) bond motifs is 3. The van der Waals surface area contributed by atoms with Crippen LogP contribution in [0.25, 0.3) is 15.3 Å². The van der Waals surface area contributed by atoms with Crippen molar-refractivity contribution in [3.05, 3.63) is 53.4 Å². The molecule has 2 aliphatic heterocycles. The van der Waals surface area contributed by atoms with Gasteiger partial charge in [0, 0.05) is 56.4 Å². The minimum absolute atomic E-state index is 0.181. The molecule has 1 saturated carbocycles. The maximum absolute atomic E-state index is 13.3. The molecule has 2 fully saturated rings. The van der Waals surface area contributed by atoms with Crippen molar-refractivity contribution >= 4 is 33.7 Å². The molecule has 2 amide bonds. The third kappa shape index (κ3) is 4.10. The third-order valence-electron chi connectivity index (χ3n) is 8.31. The van der Waals surface area contributed by atoms with Gasteiger partial charge in [-0.2, -0.15) is 10.2 Å². The minimum atomic E-state index is -0.278. The first-order valence-corrected chi connectivity index (χ1v) is 14.2. The summed E-state index contributed by atoms with van der Waals surface area (Å²) in [5, 5.41) is 14.9. The second kappa shape index (κ2) is 9.32. The predicted octanol–water partition coefficient (Wildman–Crippen LogP) is 3.23. The standard InChI is InChI=1S/C27H30N8O2S/c1-16-22(9-19(10-29-16)25(36)28-6-8-33-13-17-4-5-18(17)14-33)32-26(37)21-12-31-35-15-24(38-27(21)35)20-11-30-34-7-2-3-23(20)34/h9-12,15,17-18H,2-8,13-14H2,1H3,(H,28,36)(H,32,37). The molecule has 0 spiro atoms. The predicted molar refractivity (Wildman–Crippen MR) is 145 cm³/mol. The SMILES string of the molecule is Cc1ncc(C(=O)NCCN2CC3CCC3C2)cc1NC(=O)c1cnn2cc(-c3cnn4c3CCC4)sc12. The van der Waals surface area contributed by atoms with E-state index in [-0.39, 0.29) is 11.8 Å². The van der Waals surface area contributed by atoms with E-state index in [1.54, 1.807) is 23.0 Å². The van der Waals surface area contributed by atoms with Gasteiger partial charge >= 0.3 is 0 Å². The number of rotatable bonds is 7. The van der Waals surface area contributed by atoms with E-state index >= 15 is 0 Å². The second-order valence-electron chi connectivity index (χ2n) is 10.7. The van der Waals surface area contributed by atoms with Gasteiger partial charge in [-0.05, 0) is 50.5 Å². The zero-order chi connectivity index (χ0) is 25.8. The van der Waals surface area contributed by atoms with E-state index in [2.05, 4.69) is 35.4 Å². The Morgan fingerprint density at radius 1 is 1.11 bits per heavy atom. The van der Waals surface area contributed by atoms with E-state index in [1.807, 2.05) is 19.3 Å². The first-order valence-electron chi connectivity index (χ1n) is 13.3. The lowest BCUT2D eigenvalue weighted by Gasteiger charge is -2.28. The van der Waals surface area contributed by atoms with Gasteiger partial charge in [0.25, 0.3) is 11.8 Å². The van der Waals surface area contributed by atoms with Crippen molar-refractivity contribution in [3.63, 3.8) is 0 Å². The van der Waals surface area contributed by atoms with E-state index in [9.17, 15) is 9.59 Å². The first kappa shape index (κ1) is 23.5. The summed E-state index contributed by atoms with van der Waals surface area (Å²) < 4.78 is 3.80. The third-order valence-corrected chi connectivity index (χ3v) is 9.45. The Morgan fingerprint density at radius 3 is 2.76 bits per heavy atom. The van der Waals surface area contributed by atoms with Crippen molar-refractivity contribution in [3.8, 4) is 10.4 Å². The van der Waals surface area contributed by atoms with Crippen LogP contribution < -0.4 is 10.6 Å². The highest BCUT2D eigenvalue weighted by Crippen LogP contribution is 2.40. The highest BCUT2D eigenvalue weighted by atomic mass is 32.1. The molecule has 196 valence electrons. The smallest absolute Gasteiger partial charge is 0.260 e. The Kier molecular flexibility index (Phi) is 5.77. The van der Waals surface area contributed by atoms with Crippen molar-refractivity contribution in [2.24, 2.45) is 11.8 Å². The van der Waals surface area contributed by atoms with Gasteiger partial charge in [-0.25, -0.2) is 4.52 Å². The molecule has 0 radical (unpaired) electrons. The molecule has 4 aromatic heterocycles. The van der Waals surface area contributed by atoms with Crippen LogP contribution in [0.15, 0.2) is 30.9 Å². The maximum Gasteiger partial charge on any atom is 0.260 e. The molecule has 6 heterocycles. The number of carbonyl (C=O) groups excluding carboxylic acids is 2. The van der Waals surface area contributed by atoms with E-state index in [1.165, 1.54) is 29.9 Å². The van der Waals surface area contributed by atoms with E-state index in [0.29, 0.717) is 29.1 Å². The largest absolute Gasteiger partial charge is 0.351 e. The van der Waals surface area contributed by atoms with Crippen LogP contribution in [0.5, 0.6) is 0 Å². The van der Waals surface area contributed by atoms with E-state index < -0.39 is 0 Å². The average Bonchev–Trinajstić information content (AvgIpc) is 3.69. The van der Waals surface area contributed by atoms with Gasteiger partial charge in [-0.3, -0.25) is 19.3 Å². The summed E-state index contributed by atoms with van der Waals surface area (Å²) >= 11 is 1.53. The number of likely N-dealkylation sites (tertiary alicyclic amines) is 1. The lowest BCUT2D eigenvalue weighted by molar-refractivity contribution is 0.0948. The minimum Gasteiger partial charge on any atom is -0.351 e. The Hall–Kier alpha value is -3.57. The highest BCUT2D eigenvalue weighted by Gasteiger charge is 2.38. The number of amides is 2. The number of nitrogens with one attached hydrogen (secondary N) is 2. The van der Waals surface area contributed by atoms with Crippen molar-refractivity contribution in [1.82, 2.24) is 34.6 Å². The Bertz CT molecular complexity index is 1540. The molecule has 1 saturated heterocycles. The number of aromatic nitrogens is 5. The van der Waals surface area contributed by atoms with E-state index in [0.717, 1.165) is 66.1 Å². The number of pyridine rings is 1. The molecule has 11 heteroatoms. The van der Waals surface area contributed by atoms with Crippen LogP contribution in [0.1, 0.15) is 51.4 Å². The van der Waals surface area contributed by atoms with Gasteiger partial charge in [0.05, 0.1) is 39.8 Å². The molecule has 2 unspecified atom stereocenters. The van der Waals surface area contributed by atoms with Crippen LogP contribution >= 0.6 is 11.3 Å². The molecule has 7 rings (SSSR count). The maximum atomic E-state index is 13.3. The number of nitrogens with zero attached hydrogens (tertiary/aromatic N) is 6. The zero-order valence-corrected chi connectivity index (χ0v) is 22.1. The number of carbonyl (C=O) groups is 2. The number of aryl methyl sites for hydroxylation is 2. The van der Waals surface area contributed by atoms with Gasteiger partial charge in [0.2, 0.25) is 0 Å². The topological polar surface area (TPSA) is 109 Å². The zero-order valence-electron chi connectivity index (χ0n) is 21.3. The normalized spacial score (nSPS) is 20.3. The van der Waals surface area contributed by atoms with Gasteiger partial charge in [-0.15, -0.1) is 11.3 Å². The van der Waals surface area contributed by atoms with Crippen molar-refractivity contribution in [2.75, 3.05) is 31.5 Å². The number of hydrogen-bond acceptors (Lipinski definition) is 7. The van der Waals surface area contributed by atoms with Gasteiger partial charge in [0.15, 0.2) is 0 Å². The summed E-state index contributed by atoms with van der Waals surface area (Å²) in [5.74, 6) is 1.27. The van der Waals surface area contributed by atoms with Crippen molar-refractivity contribution in [2.45, 2.75) is 39.2 Å². The highest BCUT2D eigenvalue weighted by molar-refractivity contribution is 7.21. The molecule has 2 atom stereocenters. The second-order valence-corrected chi connectivity index (χ2v) is 11.7. The molecule has 10 nitrogen and oxygen atoms in total. The van der Waals surface area contributed by atoms with Crippen LogP contribution in [0.4, 0.5) is 5.69 Å². The molecular weight excluding hydrogens is 500 g/mol. The summed E-state index contributed by atoms with van der Waals surface area (Å²) in [6, 6.07) is 1.70. The van der Waals surface area contributed by atoms with Crippen LogP contribution in [0.3, 0.4) is 0 Å². The number of hydrogen-bond donors (Lipinski definition) is 2. The quantitative estimate of drug-likeness (QED) is 0.380. The lowest BCUT2D eigenvalue weighted by Crippen LogP contribution is -2.34. The summed E-state index contributed by atoms with van der Waals surface area (Å²) in [6.07, 6.45) is 11.8. The summed E-state index contributed by atoms with van der Waals surface area (Å²) in [7, 11) is 0. The Morgan fingerprint density at radius 2 is 1.95 bits per heavy atom. The van der Waals surface area contributed by atoms with Crippen molar-refractivity contribution < 1.29 is 9.59 Å². The molecular formula is C27H30N8O2S. The fraction of sp³-hybridized carbons (Fsp3) is 0.444. The van der Waals surface area contributed by atoms with Crippen LogP contribution in [-0.4, -0.2) is 67.3 Å². The Balaban J connectivity index is 1.03. The monoisotopic (exact) mass is 530 g/mol. The molecule has 2 N–H and O–H groups in total. The molecule has 38 heavy (non-hydrogen) atoms. The van der Waals surface area contributed by atoms with Gasteiger partial charge < -0.3 is 15.5 Å². The molecule has 0 bridgehead atoms. The van der Waals surface area contributed by atoms with E-state index in [4.69, 9.17) is 0 Å². The van der Waals surface area contributed by atoms with Crippen LogP contribution in [0, 0.1) is 18.8 Å². The number of anilines is 1.